The highest BCUT2D eigenvalue weighted by Crippen LogP contribution is 2.52. The number of para-hydroxylation sites is 2. The van der Waals surface area contributed by atoms with Gasteiger partial charge in [-0.1, -0.05) is 32.9 Å². The number of aromatic nitrogens is 2. The van der Waals surface area contributed by atoms with E-state index in [1.54, 1.807) is 0 Å². The standard InChI is InChI=1S/C18H23N3O/c1-17(2)8-12-9-18(3,10-17)11-21(12)15-16(22)20-14-7-5-4-6-13(14)19-15/h4-7,12H,8-11H2,1-3H3,(H,20,22). The maximum Gasteiger partial charge on any atom is 0.291 e. The lowest BCUT2D eigenvalue weighted by molar-refractivity contribution is 0.136. The fourth-order valence-corrected chi connectivity index (χ4v) is 4.92. The van der Waals surface area contributed by atoms with Crippen molar-refractivity contribution in [1.82, 2.24) is 9.97 Å². The number of nitrogens with zero attached hydrogens (tertiary/aromatic N) is 2. The zero-order chi connectivity index (χ0) is 15.5. The average Bonchev–Trinajstić information content (AvgIpc) is 2.67. The predicted molar refractivity (Wildman–Crippen MR) is 89.2 cm³/mol. The second-order valence-corrected chi connectivity index (χ2v) is 8.25. The molecule has 0 amide bonds. The van der Waals surface area contributed by atoms with Crippen molar-refractivity contribution in [2.45, 2.75) is 46.1 Å². The van der Waals surface area contributed by atoms with Gasteiger partial charge in [0.1, 0.15) is 0 Å². The summed E-state index contributed by atoms with van der Waals surface area (Å²) in [4.78, 5) is 22.4. The highest BCUT2D eigenvalue weighted by Gasteiger charge is 2.50. The van der Waals surface area contributed by atoms with Gasteiger partial charge in [0.2, 0.25) is 0 Å². The van der Waals surface area contributed by atoms with Crippen LogP contribution in [0.25, 0.3) is 11.0 Å². The molecule has 1 saturated heterocycles. The van der Waals surface area contributed by atoms with Gasteiger partial charge in [-0.05, 0) is 42.2 Å². The Bertz CT molecular complexity index is 794. The first-order chi connectivity index (χ1) is 10.4. The van der Waals surface area contributed by atoms with E-state index in [2.05, 4.69) is 35.6 Å². The van der Waals surface area contributed by atoms with Crippen molar-refractivity contribution in [2.24, 2.45) is 10.8 Å². The topological polar surface area (TPSA) is 49.0 Å². The molecule has 1 aliphatic carbocycles. The number of anilines is 1. The van der Waals surface area contributed by atoms with Crippen LogP contribution in [0.15, 0.2) is 29.1 Å². The minimum absolute atomic E-state index is 0.0624. The number of nitrogens with one attached hydrogen (secondary N) is 1. The van der Waals surface area contributed by atoms with Gasteiger partial charge in [0, 0.05) is 12.6 Å². The summed E-state index contributed by atoms with van der Waals surface area (Å²) in [6, 6.07) is 8.18. The monoisotopic (exact) mass is 297 g/mol. The molecule has 22 heavy (non-hydrogen) atoms. The molecule has 2 heterocycles. The normalized spacial score (nSPS) is 30.0. The van der Waals surface area contributed by atoms with Crippen molar-refractivity contribution in [1.29, 1.82) is 0 Å². The Labute approximate surface area is 130 Å². The van der Waals surface area contributed by atoms with Crippen LogP contribution in [-0.2, 0) is 0 Å². The van der Waals surface area contributed by atoms with E-state index in [1.807, 2.05) is 24.3 Å². The van der Waals surface area contributed by atoms with E-state index in [9.17, 15) is 4.79 Å². The first kappa shape index (κ1) is 13.8. The van der Waals surface area contributed by atoms with Gasteiger partial charge in [0.25, 0.3) is 5.56 Å². The Balaban J connectivity index is 1.80. The van der Waals surface area contributed by atoms with Crippen molar-refractivity contribution in [3.8, 4) is 0 Å². The highest BCUT2D eigenvalue weighted by molar-refractivity contribution is 5.75. The van der Waals surface area contributed by atoms with Crippen LogP contribution in [-0.4, -0.2) is 22.6 Å². The molecule has 4 nitrogen and oxygen atoms in total. The molecule has 2 aliphatic rings. The van der Waals surface area contributed by atoms with Crippen molar-refractivity contribution < 1.29 is 0 Å². The molecule has 1 aliphatic heterocycles. The van der Waals surface area contributed by atoms with E-state index >= 15 is 0 Å². The van der Waals surface area contributed by atoms with E-state index in [4.69, 9.17) is 0 Å². The molecule has 1 aromatic heterocycles. The zero-order valence-electron chi connectivity index (χ0n) is 13.5. The second-order valence-electron chi connectivity index (χ2n) is 8.25. The highest BCUT2D eigenvalue weighted by atomic mass is 16.1. The van der Waals surface area contributed by atoms with Gasteiger partial charge in [-0.15, -0.1) is 0 Å². The maximum absolute atomic E-state index is 12.5. The van der Waals surface area contributed by atoms with Crippen LogP contribution in [0.3, 0.4) is 0 Å². The third-order valence-electron chi connectivity index (χ3n) is 5.27. The van der Waals surface area contributed by atoms with E-state index in [1.165, 1.54) is 12.8 Å². The smallest absolute Gasteiger partial charge is 0.291 e. The van der Waals surface area contributed by atoms with E-state index in [0.717, 1.165) is 24.0 Å². The summed E-state index contributed by atoms with van der Waals surface area (Å²) in [5, 5.41) is 0. The molecule has 4 heteroatoms. The van der Waals surface area contributed by atoms with E-state index < -0.39 is 0 Å². The molecule has 116 valence electrons. The molecule has 0 radical (unpaired) electrons. The fourth-order valence-electron chi connectivity index (χ4n) is 4.92. The fraction of sp³-hybridized carbons (Fsp3) is 0.556. The summed E-state index contributed by atoms with van der Waals surface area (Å²) >= 11 is 0. The summed E-state index contributed by atoms with van der Waals surface area (Å²) < 4.78 is 0. The molecule has 2 unspecified atom stereocenters. The van der Waals surface area contributed by atoms with Crippen LogP contribution in [0.1, 0.15) is 40.0 Å². The Morgan fingerprint density at radius 1 is 1.23 bits per heavy atom. The number of hydrogen-bond acceptors (Lipinski definition) is 3. The summed E-state index contributed by atoms with van der Waals surface area (Å²) in [7, 11) is 0. The van der Waals surface area contributed by atoms with Gasteiger partial charge >= 0.3 is 0 Å². The Hall–Kier alpha value is -1.84. The van der Waals surface area contributed by atoms with Crippen LogP contribution in [0.4, 0.5) is 5.82 Å². The van der Waals surface area contributed by atoms with Crippen molar-refractivity contribution in [2.75, 3.05) is 11.4 Å². The summed E-state index contributed by atoms with van der Waals surface area (Å²) in [6.07, 6.45) is 3.53. The van der Waals surface area contributed by atoms with Crippen molar-refractivity contribution >= 4 is 16.9 Å². The lowest BCUT2D eigenvalue weighted by atomic mass is 9.65. The number of H-pyrrole nitrogens is 1. The van der Waals surface area contributed by atoms with Crippen LogP contribution in [0, 0.1) is 10.8 Å². The third-order valence-corrected chi connectivity index (χ3v) is 5.27. The molecular weight excluding hydrogens is 274 g/mol. The molecular formula is C18H23N3O. The van der Waals surface area contributed by atoms with E-state index in [-0.39, 0.29) is 5.56 Å². The Morgan fingerprint density at radius 2 is 2.00 bits per heavy atom. The number of fused-ring (bicyclic) bond motifs is 3. The zero-order valence-corrected chi connectivity index (χ0v) is 13.5. The molecule has 1 aromatic carbocycles. The largest absolute Gasteiger partial charge is 0.348 e. The van der Waals surface area contributed by atoms with Gasteiger partial charge in [-0.2, -0.15) is 0 Å². The van der Waals surface area contributed by atoms with Crippen LogP contribution in [0.5, 0.6) is 0 Å². The quantitative estimate of drug-likeness (QED) is 0.878. The lowest BCUT2D eigenvalue weighted by Gasteiger charge is -2.39. The van der Waals surface area contributed by atoms with Crippen LogP contribution < -0.4 is 10.5 Å². The van der Waals surface area contributed by atoms with Gasteiger partial charge in [0.05, 0.1) is 11.0 Å². The van der Waals surface area contributed by atoms with Crippen LogP contribution in [0.2, 0.25) is 0 Å². The van der Waals surface area contributed by atoms with Gasteiger partial charge < -0.3 is 9.88 Å². The predicted octanol–water partition coefficient (Wildman–Crippen LogP) is 3.33. The van der Waals surface area contributed by atoms with Crippen molar-refractivity contribution in [3.05, 3.63) is 34.6 Å². The second kappa shape index (κ2) is 4.34. The summed E-state index contributed by atoms with van der Waals surface area (Å²) in [5.41, 5.74) is 2.25. The van der Waals surface area contributed by atoms with Gasteiger partial charge in [-0.3, -0.25) is 4.79 Å². The van der Waals surface area contributed by atoms with E-state index in [0.29, 0.717) is 22.7 Å². The summed E-state index contributed by atoms with van der Waals surface area (Å²) in [5.74, 6) is 0.602. The SMILES string of the molecule is CC1(C)CC2CC(C)(CN2c2nc3ccccc3[nH]c2=O)C1. The molecule has 2 aromatic rings. The number of aromatic amines is 1. The molecule has 1 saturated carbocycles. The molecule has 4 rings (SSSR count). The molecule has 0 spiro atoms. The van der Waals surface area contributed by atoms with Crippen molar-refractivity contribution in [3.63, 3.8) is 0 Å². The first-order valence-corrected chi connectivity index (χ1v) is 8.11. The number of benzene rings is 1. The van der Waals surface area contributed by atoms with Gasteiger partial charge in [0.15, 0.2) is 5.82 Å². The molecule has 2 atom stereocenters. The Kier molecular flexibility index (Phi) is 2.72. The van der Waals surface area contributed by atoms with Gasteiger partial charge in [-0.25, -0.2) is 4.98 Å². The number of rotatable bonds is 1. The third kappa shape index (κ3) is 2.13. The minimum atomic E-state index is -0.0624. The Morgan fingerprint density at radius 3 is 2.82 bits per heavy atom. The first-order valence-electron chi connectivity index (χ1n) is 8.11. The number of hydrogen-bond donors (Lipinski definition) is 1. The maximum atomic E-state index is 12.5. The molecule has 2 bridgehead atoms. The average molecular weight is 297 g/mol. The lowest BCUT2D eigenvalue weighted by Crippen LogP contribution is -2.37. The minimum Gasteiger partial charge on any atom is -0.348 e. The summed E-state index contributed by atoms with van der Waals surface area (Å²) in [6.45, 7) is 7.99. The molecule has 2 fully saturated rings. The molecule has 1 N–H and O–H groups in total. The van der Waals surface area contributed by atoms with Crippen LogP contribution >= 0.6 is 0 Å².